The number of ether oxygens (including phenoxy) is 2. The highest BCUT2D eigenvalue weighted by Gasteiger charge is 2.27. The summed E-state index contributed by atoms with van der Waals surface area (Å²) in [7, 11) is 1.37. The molecule has 29 heavy (non-hydrogen) atoms. The van der Waals surface area contributed by atoms with Crippen LogP contribution in [0.3, 0.4) is 0 Å². The maximum absolute atomic E-state index is 12.6. The number of nitrogens with one attached hydrogen (secondary N) is 1. The van der Waals surface area contributed by atoms with Crippen LogP contribution in [0.1, 0.15) is 47.0 Å². The minimum Gasteiger partial charge on any atom is -0.465 e. The van der Waals surface area contributed by atoms with Crippen LogP contribution in [0.4, 0.5) is 9.80 Å². The number of esters is 1. The molecule has 1 aromatic rings. The van der Waals surface area contributed by atoms with Crippen LogP contribution in [-0.2, 0) is 27.1 Å². The van der Waals surface area contributed by atoms with E-state index >= 15 is 0 Å². The largest absolute Gasteiger partial charge is 0.465 e. The molecule has 0 radical (unpaired) electrons. The molecule has 1 N–H and O–H groups in total. The fourth-order valence-corrected chi connectivity index (χ4v) is 5.11. The molecule has 8 nitrogen and oxygen atoms in total. The van der Waals surface area contributed by atoms with E-state index in [0.29, 0.717) is 43.4 Å². The Morgan fingerprint density at radius 2 is 1.79 bits per heavy atom. The second kappa shape index (κ2) is 10.1. The minimum absolute atomic E-state index is 0.156. The molecule has 160 valence electrons. The Kier molecular flexibility index (Phi) is 7.49. The zero-order valence-corrected chi connectivity index (χ0v) is 17.9. The molecule has 0 unspecified atom stereocenters. The van der Waals surface area contributed by atoms with E-state index in [4.69, 9.17) is 9.47 Å². The third-order valence-electron chi connectivity index (χ3n) is 5.33. The number of amides is 2. The number of fused-ring (bicyclic) bond motifs is 1. The van der Waals surface area contributed by atoms with Crippen LogP contribution in [0.15, 0.2) is 0 Å². The number of carbonyl (C=O) groups is 3. The molecule has 1 fully saturated rings. The summed E-state index contributed by atoms with van der Waals surface area (Å²) in [4.78, 5) is 41.6. The van der Waals surface area contributed by atoms with Gasteiger partial charge in [-0.25, -0.2) is 9.59 Å². The lowest BCUT2D eigenvalue weighted by Gasteiger charge is -2.33. The highest BCUT2D eigenvalue weighted by Crippen LogP contribution is 2.37. The van der Waals surface area contributed by atoms with Gasteiger partial charge < -0.3 is 19.7 Å². The quantitative estimate of drug-likeness (QED) is 0.578. The van der Waals surface area contributed by atoms with Crippen LogP contribution in [0.25, 0.3) is 0 Å². The highest BCUT2D eigenvalue weighted by molar-refractivity contribution is 7.17. The molecule has 0 saturated carbocycles. The molecule has 0 spiro atoms. The SMILES string of the molecule is CCOC(=O)N1CCN(CC(=O)Nc2sc3c(c2C(=O)OC)CCCCC3)CC1. The summed E-state index contributed by atoms with van der Waals surface area (Å²) in [5.41, 5.74) is 1.56. The highest BCUT2D eigenvalue weighted by atomic mass is 32.1. The van der Waals surface area contributed by atoms with Gasteiger partial charge in [0.1, 0.15) is 5.00 Å². The van der Waals surface area contributed by atoms with Gasteiger partial charge in [-0.05, 0) is 38.2 Å². The fourth-order valence-electron chi connectivity index (χ4n) is 3.82. The van der Waals surface area contributed by atoms with Gasteiger partial charge in [-0.2, -0.15) is 0 Å². The second-order valence-electron chi connectivity index (χ2n) is 7.27. The van der Waals surface area contributed by atoms with Gasteiger partial charge in [-0.3, -0.25) is 9.69 Å². The van der Waals surface area contributed by atoms with E-state index in [-0.39, 0.29) is 24.5 Å². The number of hydrogen-bond acceptors (Lipinski definition) is 7. The van der Waals surface area contributed by atoms with Gasteiger partial charge in [0.15, 0.2) is 0 Å². The Morgan fingerprint density at radius 1 is 1.07 bits per heavy atom. The van der Waals surface area contributed by atoms with Gasteiger partial charge in [-0.15, -0.1) is 11.3 Å². The molecule has 1 aliphatic heterocycles. The number of anilines is 1. The van der Waals surface area contributed by atoms with Crippen molar-refractivity contribution < 1.29 is 23.9 Å². The lowest BCUT2D eigenvalue weighted by atomic mass is 10.1. The molecular weight excluding hydrogens is 394 g/mol. The summed E-state index contributed by atoms with van der Waals surface area (Å²) in [6, 6.07) is 0. The maximum Gasteiger partial charge on any atom is 0.409 e. The van der Waals surface area contributed by atoms with E-state index in [9.17, 15) is 14.4 Å². The van der Waals surface area contributed by atoms with Gasteiger partial charge >= 0.3 is 12.1 Å². The first kappa shape index (κ1) is 21.6. The molecule has 0 bridgehead atoms. The lowest BCUT2D eigenvalue weighted by Crippen LogP contribution is -2.50. The maximum atomic E-state index is 12.6. The summed E-state index contributed by atoms with van der Waals surface area (Å²) >= 11 is 1.50. The van der Waals surface area contributed by atoms with Crippen LogP contribution in [0.2, 0.25) is 0 Å². The fraction of sp³-hybridized carbons (Fsp3) is 0.650. The molecule has 2 heterocycles. The summed E-state index contributed by atoms with van der Waals surface area (Å²) in [5.74, 6) is -0.543. The monoisotopic (exact) mass is 423 g/mol. The van der Waals surface area contributed by atoms with Gasteiger partial charge in [0.25, 0.3) is 0 Å². The van der Waals surface area contributed by atoms with Gasteiger partial charge in [0.05, 0.1) is 25.8 Å². The average Bonchev–Trinajstić information content (AvgIpc) is 2.88. The standard InChI is InChI=1S/C20H29N3O5S/c1-3-28-20(26)23-11-9-22(10-12-23)13-16(24)21-18-17(19(25)27-2)14-7-5-4-6-8-15(14)29-18/h3-13H2,1-2H3,(H,21,24). The number of hydrogen-bond donors (Lipinski definition) is 1. The number of nitrogens with zero attached hydrogens (tertiary/aromatic N) is 2. The lowest BCUT2D eigenvalue weighted by molar-refractivity contribution is -0.117. The molecule has 0 aromatic carbocycles. The van der Waals surface area contributed by atoms with E-state index in [1.54, 1.807) is 11.8 Å². The number of piperazine rings is 1. The van der Waals surface area contributed by atoms with Crippen molar-refractivity contribution in [3.05, 3.63) is 16.0 Å². The van der Waals surface area contributed by atoms with E-state index in [1.165, 1.54) is 23.3 Å². The Labute approximate surface area is 175 Å². The van der Waals surface area contributed by atoms with Crippen LogP contribution < -0.4 is 5.32 Å². The molecule has 1 aliphatic carbocycles. The number of aryl methyl sites for hydroxylation is 1. The molecule has 0 atom stereocenters. The number of rotatable bonds is 5. The van der Waals surface area contributed by atoms with Crippen molar-refractivity contribution >= 4 is 34.3 Å². The third kappa shape index (κ3) is 5.27. The predicted octanol–water partition coefficient (Wildman–Crippen LogP) is 2.52. The van der Waals surface area contributed by atoms with Gasteiger partial charge in [0.2, 0.25) is 5.91 Å². The summed E-state index contributed by atoms with van der Waals surface area (Å²) in [6.07, 6.45) is 4.79. The molecule has 1 saturated heterocycles. The first-order valence-electron chi connectivity index (χ1n) is 10.2. The van der Waals surface area contributed by atoms with Crippen LogP contribution in [0.5, 0.6) is 0 Å². The van der Waals surface area contributed by atoms with Crippen molar-refractivity contribution in [1.82, 2.24) is 9.80 Å². The number of carbonyl (C=O) groups excluding carboxylic acids is 3. The Morgan fingerprint density at radius 3 is 2.48 bits per heavy atom. The zero-order valence-electron chi connectivity index (χ0n) is 17.1. The van der Waals surface area contributed by atoms with Crippen LogP contribution in [-0.4, -0.2) is 74.2 Å². The van der Waals surface area contributed by atoms with Crippen molar-refractivity contribution in [2.24, 2.45) is 0 Å². The summed E-state index contributed by atoms with van der Waals surface area (Å²) < 4.78 is 10.0. The van der Waals surface area contributed by atoms with Crippen molar-refractivity contribution in [2.45, 2.75) is 39.0 Å². The Balaban J connectivity index is 1.61. The summed E-state index contributed by atoms with van der Waals surface area (Å²) in [5, 5.41) is 3.53. The van der Waals surface area contributed by atoms with E-state index in [0.717, 1.165) is 37.7 Å². The topological polar surface area (TPSA) is 88.2 Å². The smallest absolute Gasteiger partial charge is 0.409 e. The molecule has 9 heteroatoms. The molecule has 1 aromatic heterocycles. The third-order valence-corrected chi connectivity index (χ3v) is 6.54. The first-order chi connectivity index (χ1) is 14.0. The van der Waals surface area contributed by atoms with Crippen LogP contribution >= 0.6 is 11.3 Å². The minimum atomic E-state index is -0.386. The molecule has 2 amide bonds. The zero-order chi connectivity index (χ0) is 20.8. The Bertz CT molecular complexity index is 756. The van der Waals surface area contributed by atoms with Crippen molar-refractivity contribution in [3.63, 3.8) is 0 Å². The Hall–Kier alpha value is -2.13. The molecule has 2 aliphatic rings. The number of methoxy groups -OCH3 is 1. The average molecular weight is 424 g/mol. The number of thiophene rings is 1. The molecular formula is C20H29N3O5S. The van der Waals surface area contributed by atoms with Crippen molar-refractivity contribution in [1.29, 1.82) is 0 Å². The second-order valence-corrected chi connectivity index (χ2v) is 8.38. The van der Waals surface area contributed by atoms with Crippen LogP contribution in [0, 0.1) is 0 Å². The van der Waals surface area contributed by atoms with Gasteiger partial charge in [-0.1, -0.05) is 6.42 Å². The van der Waals surface area contributed by atoms with E-state index in [2.05, 4.69) is 5.32 Å². The van der Waals surface area contributed by atoms with E-state index < -0.39 is 0 Å². The predicted molar refractivity (Wildman–Crippen MR) is 111 cm³/mol. The summed E-state index contributed by atoms with van der Waals surface area (Å²) in [6.45, 7) is 4.65. The van der Waals surface area contributed by atoms with Crippen molar-refractivity contribution in [3.8, 4) is 0 Å². The molecule has 3 rings (SSSR count). The van der Waals surface area contributed by atoms with E-state index in [1.807, 2.05) is 4.90 Å². The first-order valence-corrected chi connectivity index (χ1v) is 11.0. The van der Waals surface area contributed by atoms with Crippen molar-refractivity contribution in [2.75, 3.05) is 51.8 Å². The van der Waals surface area contributed by atoms with Gasteiger partial charge in [0, 0.05) is 31.1 Å². The normalized spacial score (nSPS) is 17.2.